The van der Waals surface area contributed by atoms with Crippen molar-refractivity contribution in [1.29, 1.82) is 5.26 Å². The van der Waals surface area contributed by atoms with Crippen LogP contribution in [0.3, 0.4) is 0 Å². The van der Waals surface area contributed by atoms with Crippen molar-refractivity contribution >= 4 is 34.9 Å². The summed E-state index contributed by atoms with van der Waals surface area (Å²) in [6.07, 6.45) is -0.313. The van der Waals surface area contributed by atoms with Gasteiger partial charge in [-0.3, -0.25) is 9.59 Å². The molecule has 0 fully saturated rings. The number of nitriles is 1. The Morgan fingerprint density at radius 3 is 2.61 bits per heavy atom. The van der Waals surface area contributed by atoms with Crippen LogP contribution >= 0.6 is 23.1 Å². The molecule has 9 heteroatoms. The number of aromatic nitrogens is 1. The lowest BCUT2D eigenvalue weighted by atomic mass is 10.0. The van der Waals surface area contributed by atoms with Crippen molar-refractivity contribution in [3.05, 3.63) is 47.3 Å². The molecule has 170 valence electrons. The number of methoxy groups -OCH3 is 2. The molecule has 0 amide bonds. The van der Waals surface area contributed by atoms with Gasteiger partial charge in [-0.15, -0.1) is 11.3 Å². The highest BCUT2D eigenvalue weighted by Gasteiger charge is 2.20. The Kier molecular flexibility index (Phi) is 8.46. The average Bonchev–Trinajstić information content (AvgIpc) is 3.36. The first-order valence-electron chi connectivity index (χ1n) is 10.0. The summed E-state index contributed by atoms with van der Waals surface area (Å²) < 4.78 is 15.7. The van der Waals surface area contributed by atoms with Crippen LogP contribution in [0.2, 0.25) is 0 Å². The zero-order valence-corrected chi connectivity index (χ0v) is 20.0. The van der Waals surface area contributed by atoms with Crippen molar-refractivity contribution < 1.29 is 23.8 Å². The first kappa shape index (κ1) is 24.3. The van der Waals surface area contributed by atoms with E-state index < -0.39 is 5.97 Å². The normalized spacial score (nSPS) is 10.4. The van der Waals surface area contributed by atoms with Gasteiger partial charge in [-0.2, -0.15) is 5.26 Å². The first-order valence-corrected chi connectivity index (χ1v) is 11.9. The fourth-order valence-electron chi connectivity index (χ4n) is 3.08. The number of carbonyl (C=O) groups is 2. The molecule has 7 nitrogen and oxygen atoms in total. The summed E-state index contributed by atoms with van der Waals surface area (Å²) in [5, 5.41) is 12.3. The van der Waals surface area contributed by atoms with Gasteiger partial charge in [0.1, 0.15) is 29.0 Å². The molecule has 0 radical (unpaired) electrons. The lowest BCUT2D eigenvalue weighted by molar-refractivity contribution is -0.145. The Morgan fingerprint density at radius 1 is 1.15 bits per heavy atom. The van der Waals surface area contributed by atoms with E-state index in [1.165, 1.54) is 11.3 Å². The van der Waals surface area contributed by atoms with Gasteiger partial charge in [0, 0.05) is 22.1 Å². The smallest absolute Gasteiger partial charge is 0.313 e. The molecular formula is C24H22N2O5S2. The molecule has 1 aromatic carbocycles. The summed E-state index contributed by atoms with van der Waals surface area (Å²) in [7, 11) is 3.14. The van der Waals surface area contributed by atoms with Gasteiger partial charge in [-0.25, -0.2) is 4.98 Å². The van der Waals surface area contributed by atoms with E-state index in [0.29, 0.717) is 27.8 Å². The zero-order valence-electron chi connectivity index (χ0n) is 18.4. The maximum Gasteiger partial charge on any atom is 0.313 e. The molecule has 0 atom stereocenters. The second-order valence-corrected chi connectivity index (χ2v) is 8.61. The third-order valence-corrected chi connectivity index (χ3v) is 6.52. The second kappa shape index (κ2) is 11.5. The molecule has 3 aromatic rings. The van der Waals surface area contributed by atoms with Crippen LogP contribution in [0.4, 0.5) is 0 Å². The fourth-order valence-corrected chi connectivity index (χ4v) is 4.69. The van der Waals surface area contributed by atoms with Gasteiger partial charge in [-0.1, -0.05) is 17.8 Å². The Bertz CT molecular complexity index is 1190. The predicted octanol–water partition coefficient (Wildman–Crippen LogP) is 4.98. The first-order chi connectivity index (χ1) is 16.0. The molecule has 2 aromatic heterocycles. The van der Waals surface area contributed by atoms with Gasteiger partial charge in [0.25, 0.3) is 0 Å². The van der Waals surface area contributed by atoms with Crippen LogP contribution in [0.5, 0.6) is 11.5 Å². The van der Waals surface area contributed by atoms with Crippen LogP contribution in [0.1, 0.15) is 18.9 Å². The molecule has 0 aliphatic carbocycles. The van der Waals surface area contributed by atoms with Gasteiger partial charge in [0.2, 0.25) is 0 Å². The molecule has 0 saturated heterocycles. The molecule has 33 heavy (non-hydrogen) atoms. The highest BCUT2D eigenvalue weighted by atomic mass is 32.2. The second-order valence-electron chi connectivity index (χ2n) is 6.70. The Morgan fingerprint density at radius 2 is 1.97 bits per heavy atom. The maximum absolute atomic E-state index is 12.3. The van der Waals surface area contributed by atoms with Crippen molar-refractivity contribution in [2.45, 2.75) is 18.4 Å². The Labute approximate surface area is 200 Å². The van der Waals surface area contributed by atoms with Crippen molar-refractivity contribution in [1.82, 2.24) is 4.98 Å². The summed E-state index contributed by atoms with van der Waals surface area (Å²) in [4.78, 5) is 29.5. The number of ether oxygens (including phenoxy) is 3. The molecule has 2 heterocycles. The van der Waals surface area contributed by atoms with E-state index in [1.807, 2.05) is 29.6 Å². The standard InChI is InChI=1S/C24H22N2O5S2/c1-4-31-23(28)10-15(27)14-33-24-19(13-25)18(22-6-5-9-32-22)12-20(26-24)17-8-7-16(29-2)11-21(17)30-3/h5-9,11-12H,4,10,14H2,1-3H3. The van der Waals surface area contributed by atoms with E-state index >= 15 is 0 Å². The van der Waals surface area contributed by atoms with E-state index in [2.05, 4.69) is 6.07 Å². The van der Waals surface area contributed by atoms with Gasteiger partial charge >= 0.3 is 5.97 Å². The van der Waals surface area contributed by atoms with E-state index in [9.17, 15) is 14.9 Å². The number of Topliss-reactive ketones (excluding diaryl/α,β-unsaturated/α-hetero) is 1. The van der Waals surface area contributed by atoms with E-state index in [4.69, 9.17) is 19.2 Å². The maximum atomic E-state index is 12.3. The SMILES string of the molecule is CCOC(=O)CC(=O)CSc1nc(-c2ccc(OC)cc2OC)cc(-c2cccs2)c1C#N. The minimum atomic E-state index is -0.562. The van der Waals surface area contributed by atoms with Crippen LogP contribution in [0.15, 0.2) is 46.8 Å². The van der Waals surface area contributed by atoms with Gasteiger partial charge in [0.15, 0.2) is 5.78 Å². The molecule has 0 N–H and O–H groups in total. The molecule has 3 rings (SSSR count). The fraction of sp³-hybridized carbons (Fsp3) is 0.250. The average molecular weight is 483 g/mol. The summed E-state index contributed by atoms with van der Waals surface area (Å²) >= 11 is 2.63. The largest absolute Gasteiger partial charge is 0.497 e. The molecule has 0 aliphatic rings. The number of thioether (sulfide) groups is 1. The number of ketones is 1. The molecule has 0 unspecified atom stereocenters. The summed E-state index contributed by atoms with van der Waals surface area (Å²) in [5.41, 5.74) is 2.41. The van der Waals surface area contributed by atoms with Crippen molar-refractivity contribution in [2.75, 3.05) is 26.6 Å². The zero-order chi connectivity index (χ0) is 23.8. The number of hydrogen-bond acceptors (Lipinski definition) is 9. The number of esters is 1. The number of rotatable bonds is 10. The topological polar surface area (TPSA) is 98.5 Å². The highest BCUT2D eigenvalue weighted by molar-refractivity contribution is 8.00. The van der Waals surface area contributed by atoms with Crippen molar-refractivity contribution in [2.24, 2.45) is 0 Å². The van der Waals surface area contributed by atoms with Gasteiger partial charge in [0.05, 0.1) is 37.8 Å². The van der Waals surface area contributed by atoms with Crippen LogP contribution < -0.4 is 9.47 Å². The minimum absolute atomic E-state index is 0.00637. The minimum Gasteiger partial charge on any atom is -0.497 e. The third kappa shape index (κ3) is 5.92. The predicted molar refractivity (Wildman–Crippen MR) is 128 cm³/mol. The molecule has 0 aliphatic heterocycles. The number of hydrogen-bond donors (Lipinski definition) is 0. The lowest BCUT2D eigenvalue weighted by Gasteiger charge is -2.14. The Hall–Kier alpha value is -3.35. The van der Waals surface area contributed by atoms with Gasteiger partial charge in [-0.05, 0) is 36.6 Å². The third-order valence-electron chi connectivity index (χ3n) is 4.59. The highest BCUT2D eigenvalue weighted by Crippen LogP contribution is 2.39. The molecule has 0 spiro atoms. The number of benzene rings is 1. The van der Waals surface area contributed by atoms with Crippen molar-refractivity contribution in [3.8, 4) is 39.3 Å². The van der Waals surface area contributed by atoms with Crippen LogP contribution in [-0.4, -0.2) is 43.3 Å². The Balaban J connectivity index is 2.04. The number of thiophene rings is 1. The number of carbonyl (C=O) groups excluding carboxylic acids is 2. The van der Waals surface area contributed by atoms with Crippen LogP contribution in [0.25, 0.3) is 21.7 Å². The quantitative estimate of drug-likeness (QED) is 0.227. The van der Waals surface area contributed by atoms with Crippen LogP contribution in [-0.2, 0) is 14.3 Å². The summed E-state index contributed by atoms with van der Waals surface area (Å²) in [6, 6.07) is 13.3. The summed E-state index contributed by atoms with van der Waals surface area (Å²) in [5.74, 6) is 0.342. The van der Waals surface area contributed by atoms with Gasteiger partial charge < -0.3 is 14.2 Å². The van der Waals surface area contributed by atoms with Crippen LogP contribution in [0, 0.1) is 11.3 Å². The van der Waals surface area contributed by atoms with E-state index in [-0.39, 0.29) is 24.6 Å². The van der Waals surface area contributed by atoms with E-state index in [1.54, 1.807) is 33.3 Å². The number of pyridine rings is 1. The monoisotopic (exact) mass is 482 g/mol. The molecule has 0 bridgehead atoms. The van der Waals surface area contributed by atoms with E-state index in [0.717, 1.165) is 27.8 Å². The summed E-state index contributed by atoms with van der Waals surface area (Å²) in [6.45, 7) is 1.90. The number of nitrogens with zero attached hydrogens (tertiary/aromatic N) is 2. The molecule has 0 saturated carbocycles. The lowest BCUT2D eigenvalue weighted by Crippen LogP contribution is -2.13. The molecular weight excluding hydrogens is 460 g/mol. The van der Waals surface area contributed by atoms with Crippen molar-refractivity contribution in [3.63, 3.8) is 0 Å².